The number of azo groups is 2. The summed E-state index contributed by atoms with van der Waals surface area (Å²) in [6.45, 7) is 0.931. The Kier molecular flexibility index (Phi) is 12.2. The Morgan fingerprint density at radius 2 is 1.47 bits per heavy atom. The van der Waals surface area contributed by atoms with Gasteiger partial charge in [0.2, 0.25) is 0 Å². The van der Waals surface area contributed by atoms with Gasteiger partial charge in [-0.05, 0) is 31.2 Å². The molecule has 0 saturated carbocycles. The molecule has 4 rings (SSSR count). The number of fused-ring (bicyclic) bond motifs is 1. The third-order valence-corrected chi connectivity index (χ3v) is 10.4. The zero-order valence-corrected chi connectivity index (χ0v) is 29.6. The third kappa shape index (κ3) is 9.44. The van der Waals surface area contributed by atoms with Gasteiger partial charge in [-0.3, -0.25) is 9.11 Å². The minimum absolute atomic E-state index is 0.180. The largest absolute Gasteiger partial charge is 0.505 e. The van der Waals surface area contributed by atoms with E-state index in [0.717, 1.165) is 44.0 Å². The molecule has 274 valence electrons. The lowest BCUT2D eigenvalue weighted by Crippen LogP contribution is -2.16. The number of benzene rings is 4. The van der Waals surface area contributed by atoms with E-state index in [1.165, 1.54) is 0 Å². The fourth-order valence-corrected chi connectivity index (χ4v) is 7.37. The molecule has 51 heavy (non-hydrogen) atoms. The minimum Gasteiger partial charge on any atom is -0.505 e. The van der Waals surface area contributed by atoms with Gasteiger partial charge in [0.05, 0.1) is 54.9 Å². The number of phenols is 1. The van der Waals surface area contributed by atoms with E-state index in [1.54, 1.807) is 24.3 Å². The summed E-state index contributed by atoms with van der Waals surface area (Å²) in [7, 11) is -12.0. The average molecular weight is 790 g/mol. The first-order valence-corrected chi connectivity index (χ1v) is 18.8. The molecule has 0 aliphatic rings. The van der Waals surface area contributed by atoms with Crippen LogP contribution in [0.1, 0.15) is 5.56 Å². The van der Waals surface area contributed by atoms with Crippen LogP contribution in [-0.2, 0) is 43.9 Å². The van der Waals surface area contributed by atoms with Crippen molar-refractivity contribution in [2.45, 2.75) is 21.6 Å². The molecule has 24 heteroatoms. The molecule has 0 spiro atoms. The van der Waals surface area contributed by atoms with Crippen molar-refractivity contribution >= 4 is 81.6 Å². The van der Waals surface area contributed by atoms with Crippen LogP contribution in [0.4, 0.5) is 28.4 Å². The number of nitrogen functional groups attached to an aromatic ring is 1. The Morgan fingerprint density at radius 1 is 0.824 bits per heavy atom. The van der Waals surface area contributed by atoms with E-state index in [0.29, 0.717) is 5.69 Å². The molecule has 4 aromatic rings. The molecule has 4 aromatic carbocycles. The van der Waals surface area contributed by atoms with E-state index in [9.17, 15) is 34.9 Å². The van der Waals surface area contributed by atoms with Gasteiger partial charge in [0.1, 0.15) is 38.4 Å². The molecular weight excluding hydrogens is 763 g/mol. The summed E-state index contributed by atoms with van der Waals surface area (Å²) >= 11 is 0.229. The van der Waals surface area contributed by atoms with Gasteiger partial charge in [-0.2, -0.15) is 21.9 Å². The Hall–Kier alpha value is -4.50. The average Bonchev–Trinajstić information content (AvgIpc) is 3.05. The van der Waals surface area contributed by atoms with Crippen LogP contribution in [0.3, 0.4) is 0 Å². The second-order valence-corrected chi connectivity index (χ2v) is 15.3. The fourth-order valence-electron chi connectivity index (χ4n) is 4.39. The molecule has 0 aliphatic heterocycles. The lowest BCUT2D eigenvalue weighted by molar-refractivity contribution is -0.432. The number of phenolic OH excluding ortho intramolecular Hbond substituents is 1. The first-order valence-electron chi connectivity index (χ1n) is 13.6. The van der Waals surface area contributed by atoms with Crippen molar-refractivity contribution in [1.29, 1.82) is 0 Å². The number of aryl methyl sites for hydroxylation is 1. The van der Waals surface area contributed by atoms with Gasteiger partial charge < -0.3 is 20.3 Å². The maximum atomic E-state index is 12.9. The number of hydrogen-bond acceptors (Lipinski definition) is 19. The first-order chi connectivity index (χ1) is 23.9. The number of anilines is 1. The highest BCUT2D eigenvalue weighted by molar-refractivity contribution is 7.94. The molecular formula is C27H27N5O15S4. The molecule has 0 unspecified atom stereocenters. The summed E-state index contributed by atoms with van der Waals surface area (Å²) < 4.78 is 111. The summed E-state index contributed by atoms with van der Waals surface area (Å²) in [6.07, 6.45) is 0. The maximum absolute atomic E-state index is 12.9. The quantitative estimate of drug-likeness (QED) is 0.0246. The lowest BCUT2D eigenvalue weighted by Gasteiger charge is -2.15. The topological polar surface area (TPSA) is 305 Å². The van der Waals surface area contributed by atoms with Crippen molar-refractivity contribution in [1.82, 2.24) is 0 Å². The number of nitrogens with zero attached hydrogens (tertiary/aromatic N) is 4. The van der Waals surface area contributed by atoms with Crippen LogP contribution < -0.4 is 15.2 Å². The smallest absolute Gasteiger partial charge is 0.397 e. The molecule has 0 heterocycles. The Morgan fingerprint density at radius 3 is 2.06 bits per heavy atom. The molecule has 0 saturated heterocycles. The number of methoxy groups -OCH3 is 2. The van der Waals surface area contributed by atoms with Crippen molar-refractivity contribution < 1.29 is 67.8 Å². The summed E-state index contributed by atoms with van der Waals surface area (Å²) in [5.74, 6) is -2.17. The SMILES string of the molecule is COc1cc(S(=O)(=O)CCOS(=O)(=O)O)c(OC)cc1N=Nc1c(SOOO)cc2c(S(=O)(=O)O)c(N)c(N=Nc3ccc(C)cc3)cc2c1O. The van der Waals surface area contributed by atoms with E-state index in [-0.39, 0.29) is 50.6 Å². The molecule has 0 amide bonds. The Labute approximate surface area is 294 Å². The number of ether oxygens (including phenoxy) is 2. The van der Waals surface area contributed by atoms with Gasteiger partial charge in [0.15, 0.2) is 15.6 Å². The van der Waals surface area contributed by atoms with E-state index >= 15 is 0 Å². The van der Waals surface area contributed by atoms with E-state index in [1.807, 2.05) is 6.92 Å². The van der Waals surface area contributed by atoms with Crippen LogP contribution in [0, 0.1) is 6.92 Å². The highest BCUT2D eigenvalue weighted by Crippen LogP contribution is 2.49. The summed E-state index contributed by atoms with van der Waals surface area (Å²) in [5, 5.41) is 39.3. The molecule has 0 bridgehead atoms. The molecule has 0 fully saturated rings. The molecule has 0 radical (unpaired) electrons. The van der Waals surface area contributed by atoms with Crippen LogP contribution in [0.15, 0.2) is 83.7 Å². The van der Waals surface area contributed by atoms with Gasteiger partial charge in [-0.1, -0.05) is 22.7 Å². The Balaban J connectivity index is 1.90. The fraction of sp³-hybridized carbons (Fsp3) is 0.185. The van der Waals surface area contributed by atoms with Gasteiger partial charge >= 0.3 is 10.4 Å². The normalized spacial score (nSPS) is 12.7. The maximum Gasteiger partial charge on any atom is 0.397 e. The highest BCUT2D eigenvalue weighted by Gasteiger charge is 2.27. The van der Waals surface area contributed by atoms with Crippen molar-refractivity contribution in [3.8, 4) is 17.2 Å². The molecule has 6 N–H and O–H groups in total. The molecule has 20 nitrogen and oxygen atoms in total. The second kappa shape index (κ2) is 15.8. The van der Waals surface area contributed by atoms with Crippen LogP contribution in [0.2, 0.25) is 0 Å². The standard InChI is InChI=1S/C27H27N5O15S4/c1-14-4-6-15(7-5-14)29-31-19-10-16-17(27(24(19)28)50(37,38)39)11-22(48-47-46-34)25(26(16)33)32-30-18-12-21(44-3)23(13-20(18)43-2)49(35,36)9-8-45-51(40,41)42/h4-7,10-13,33-34H,8-9,28H2,1-3H3,(H,37,38,39)(H,40,41,42). The summed E-state index contributed by atoms with van der Waals surface area (Å²) in [5.41, 5.74) is 6.01. The van der Waals surface area contributed by atoms with E-state index in [4.69, 9.17) is 25.0 Å². The van der Waals surface area contributed by atoms with Crippen molar-refractivity contribution in [3.05, 3.63) is 54.1 Å². The number of hydrogen-bond donors (Lipinski definition) is 5. The van der Waals surface area contributed by atoms with Gasteiger partial charge in [-0.25, -0.2) is 17.9 Å². The predicted molar refractivity (Wildman–Crippen MR) is 179 cm³/mol. The predicted octanol–water partition coefficient (Wildman–Crippen LogP) is 5.55. The lowest BCUT2D eigenvalue weighted by atomic mass is 10.1. The van der Waals surface area contributed by atoms with E-state index in [2.05, 4.69) is 34.0 Å². The number of sulfone groups is 1. The summed E-state index contributed by atoms with van der Waals surface area (Å²) in [4.78, 5) is -1.57. The molecule has 0 aromatic heterocycles. The number of aromatic hydroxyl groups is 1. The third-order valence-electron chi connectivity index (χ3n) is 6.69. The zero-order chi connectivity index (χ0) is 37.7. The zero-order valence-electron chi connectivity index (χ0n) is 26.3. The van der Waals surface area contributed by atoms with Gasteiger partial charge in [0, 0.05) is 22.9 Å². The van der Waals surface area contributed by atoms with Crippen molar-refractivity contribution in [3.63, 3.8) is 0 Å². The molecule has 0 aliphatic carbocycles. The second-order valence-electron chi connectivity index (χ2n) is 9.99. The molecule has 0 atom stereocenters. The van der Waals surface area contributed by atoms with Crippen LogP contribution in [0.25, 0.3) is 10.8 Å². The Bertz CT molecular complexity index is 2350. The van der Waals surface area contributed by atoms with Crippen LogP contribution in [-0.4, -0.2) is 71.3 Å². The van der Waals surface area contributed by atoms with Gasteiger partial charge in [-0.15, -0.1) is 19.7 Å². The van der Waals surface area contributed by atoms with E-state index < -0.39 is 69.6 Å². The summed E-state index contributed by atoms with van der Waals surface area (Å²) in [6, 6.07) is 11.1. The monoisotopic (exact) mass is 789 g/mol. The van der Waals surface area contributed by atoms with Crippen LogP contribution >= 0.6 is 12.0 Å². The van der Waals surface area contributed by atoms with Gasteiger partial charge in [0.25, 0.3) is 10.1 Å². The number of rotatable bonds is 15. The highest BCUT2D eigenvalue weighted by atomic mass is 32.3. The first kappa shape index (κ1) is 39.3. The van der Waals surface area contributed by atoms with Crippen molar-refractivity contribution in [2.24, 2.45) is 20.5 Å². The van der Waals surface area contributed by atoms with Crippen molar-refractivity contribution in [2.75, 3.05) is 32.3 Å². The van der Waals surface area contributed by atoms with Crippen LogP contribution in [0.5, 0.6) is 17.2 Å². The minimum atomic E-state index is -5.09. The number of nitrogens with two attached hydrogens (primary N) is 1.